The summed E-state index contributed by atoms with van der Waals surface area (Å²) < 4.78 is 15.3. The van der Waals surface area contributed by atoms with Crippen LogP contribution in [0.1, 0.15) is 43.9 Å². The average Bonchev–Trinajstić information content (AvgIpc) is 2.80. The van der Waals surface area contributed by atoms with E-state index >= 15 is 0 Å². The number of methoxy groups -OCH3 is 1. The van der Waals surface area contributed by atoms with Gasteiger partial charge in [-0.1, -0.05) is 60.2 Å². The van der Waals surface area contributed by atoms with Gasteiger partial charge in [0.05, 0.1) is 20.1 Å². The molecule has 1 N–H and O–H groups in total. The smallest absolute Gasteiger partial charge is 0.416 e. The molecular weight excluding hydrogens is 452 g/mol. The Balaban J connectivity index is 2.21. The summed E-state index contributed by atoms with van der Waals surface area (Å²) in [5, 5.41) is 2.40. The molecule has 9 nitrogen and oxygen atoms in total. The molecule has 0 aliphatic rings. The largest absolute Gasteiger partial charge is 0.461 e. The van der Waals surface area contributed by atoms with Crippen LogP contribution in [0.5, 0.6) is 0 Å². The number of amides is 3. The number of carbonyl (C=O) groups excluding carboxylic acids is 4. The maximum absolute atomic E-state index is 13.4. The number of aryl methyl sites for hydroxylation is 1. The fourth-order valence-corrected chi connectivity index (χ4v) is 3.02. The number of esters is 1. The summed E-state index contributed by atoms with van der Waals surface area (Å²) in [6, 6.07) is 14.8. The highest BCUT2D eigenvalue weighted by Gasteiger charge is 2.34. The first-order valence-electron chi connectivity index (χ1n) is 11.1. The van der Waals surface area contributed by atoms with Crippen LogP contribution < -0.4 is 5.32 Å². The Bertz CT molecular complexity index is 1010. The van der Waals surface area contributed by atoms with E-state index in [0.717, 1.165) is 23.1 Å². The van der Waals surface area contributed by atoms with Crippen LogP contribution >= 0.6 is 0 Å². The van der Waals surface area contributed by atoms with Gasteiger partial charge in [0.15, 0.2) is 0 Å². The summed E-state index contributed by atoms with van der Waals surface area (Å²) in [6.45, 7) is 6.78. The summed E-state index contributed by atoms with van der Waals surface area (Å²) >= 11 is 0. The predicted molar refractivity (Wildman–Crippen MR) is 128 cm³/mol. The monoisotopic (exact) mass is 484 g/mol. The van der Waals surface area contributed by atoms with Gasteiger partial charge in [0.25, 0.3) is 5.91 Å². The van der Waals surface area contributed by atoms with Gasteiger partial charge in [0, 0.05) is 0 Å². The van der Waals surface area contributed by atoms with Crippen molar-refractivity contribution in [3.63, 3.8) is 0 Å². The van der Waals surface area contributed by atoms with Crippen LogP contribution in [0.15, 0.2) is 54.6 Å². The molecule has 3 amide bonds. The number of benzene rings is 2. The van der Waals surface area contributed by atoms with Crippen LogP contribution in [-0.2, 0) is 37.0 Å². The molecule has 0 spiro atoms. The Morgan fingerprint density at radius 3 is 2.14 bits per heavy atom. The van der Waals surface area contributed by atoms with E-state index in [9.17, 15) is 19.2 Å². The van der Waals surface area contributed by atoms with Crippen molar-refractivity contribution in [3.8, 4) is 0 Å². The van der Waals surface area contributed by atoms with E-state index in [1.165, 1.54) is 0 Å². The van der Waals surface area contributed by atoms with E-state index in [-0.39, 0.29) is 13.2 Å². The fourth-order valence-electron chi connectivity index (χ4n) is 3.02. The van der Waals surface area contributed by atoms with E-state index in [1.54, 1.807) is 57.2 Å². The normalized spacial score (nSPS) is 11.7. The molecule has 2 aromatic rings. The maximum atomic E-state index is 13.4. The highest BCUT2D eigenvalue weighted by atomic mass is 16.6. The van der Waals surface area contributed by atoms with Gasteiger partial charge in [0.2, 0.25) is 0 Å². The van der Waals surface area contributed by atoms with Crippen molar-refractivity contribution < 1.29 is 33.4 Å². The average molecular weight is 485 g/mol. The van der Waals surface area contributed by atoms with Crippen LogP contribution in [0, 0.1) is 6.92 Å². The Kier molecular flexibility index (Phi) is 9.81. The van der Waals surface area contributed by atoms with E-state index in [1.807, 2.05) is 25.1 Å². The van der Waals surface area contributed by atoms with Gasteiger partial charge in [-0.15, -0.1) is 0 Å². The quantitative estimate of drug-likeness (QED) is 0.443. The number of imide groups is 1. The van der Waals surface area contributed by atoms with E-state index in [4.69, 9.17) is 14.2 Å². The molecule has 0 heterocycles. The Morgan fingerprint density at radius 2 is 1.57 bits per heavy atom. The molecule has 0 saturated heterocycles. The maximum Gasteiger partial charge on any atom is 0.416 e. The minimum atomic E-state index is -1.42. The molecule has 0 bridgehead atoms. The summed E-state index contributed by atoms with van der Waals surface area (Å²) in [6.07, 6.45) is -2.34. The second-order valence-corrected chi connectivity index (χ2v) is 8.93. The zero-order valence-electron chi connectivity index (χ0n) is 20.7. The second kappa shape index (κ2) is 12.5. The van der Waals surface area contributed by atoms with Gasteiger partial charge >= 0.3 is 18.2 Å². The van der Waals surface area contributed by atoms with Gasteiger partial charge in [0.1, 0.15) is 18.2 Å². The molecule has 1 atom stereocenters. The molecule has 2 aromatic carbocycles. The highest BCUT2D eigenvalue weighted by molar-refractivity contribution is 5.98. The molecule has 9 heteroatoms. The van der Waals surface area contributed by atoms with Crippen LogP contribution in [0.3, 0.4) is 0 Å². The van der Waals surface area contributed by atoms with Crippen molar-refractivity contribution in [2.45, 2.75) is 58.9 Å². The molecular formula is C26H32N2O7. The minimum Gasteiger partial charge on any atom is -0.461 e. The van der Waals surface area contributed by atoms with Crippen molar-refractivity contribution in [1.82, 2.24) is 10.2 Å². The van der Waals surface area contributed by atoms with E-state index < -0.39 is 42.1 Å². The second-order valence-electron chi connectivity index (χ2n) is 8.93. The molecule has 1 unspecified atom stereocenters. The molecule has 0 saturated carbocycles. The summed E-state index contributed by atoms with van der Waals surface area (Å²) in [5.41, 5.74) is 1.60. The molecule has 188 valence electrons. The molecule has 0 aromatic heterocycles. The van der Waals surface area contributed by atoms with Gasteiger partial charge in [-0.25, -0.2) is 14.5 Å². The lowest BCUT2D eigenvalue weighted by atomic mass is 10.1. The zero-order valence-corrected chi connectivity index (χ0v) is 20.7. The number of hydrogen-bond acceptors (Lipinski definition) is 7. The number of alkyl carbamates (subject to hydrolysis) is 1. The van der Waals surface area contributed by atoms with E-state index in [0.29, 0.717) is 5.56 Å². The van der Waals surface area contributed by atoms with Crippen molar-refractivity contribution in [2.75, 3.05) is 7.11 Å². The van der Waals surface area contributed by atoms with Crippen LogP contribution in [-0.4, -0.2) is 47.7 Å². The van der Waals surface area contributed by atoms with Gasteiger partial charge in [-0.3, -0.25) is 9.59 Å². The lowest BCUT2D eigenvalue weighted by Gasteiger charge is -2.26. The molecule has 2 rings (SSSR count). The van der Waals surface area contributed by atoms with Crippen LogP contribution in [0.4, 0.5) is 9.59 Å². The summed E-state index contributed by atoms with van der Waals surface area (Å²) in [4.78, 5) is 51.6. The summed E-state index contributed by atoms with van der Waals surface area (Å²) in [7, 11) is 1.14. The number of hydrogen-bond donors (Lipinski definition) is 1. The van der Waals surface area contributed by atoms with Crippen molar-refractivity contribution in [3.05, 3.63) is 71.3 Å². The summed E-state index contributed by atoms with van der Waals surface area (Å²) in [5.74, 6) is -1.57. The van der Waals surface area contributed by atoms with Gasteiger partial charge in [-0.05, 0) is 38.8 Å². The number of ether oxygens (including phenoxy) is 3. The minimum absolute atomic E-state index is 0.00287. The predicted octanol–water partition coefficient (Wildman–Crippen LogP) is 4.12. The van der Waals surface area contributed by atoms with Gasteiger partial charge in [-0.2, -0.15) is 0 Å². The van der Waals surface area contributed by atoms with E-state index in [2.05, 4.69) is 5.32 Å². The van der Waals surface area contributed by atoms with Crippen molar-refractivity contribution >= 4 is 24.1 Å². The van der Waals surface area contributed by atoms with Crippen molar-refractivity contribution in [2.24, 2.45) is 0 Å². The lowest BCUT2D eigenvalue weighted by molar-refractivity contribution is -0.148. The third kappa shape index (κ3) is 9.48. The zero-order chi connectivity index (χ0) is 26.0. The Hall–Kier alpha value is -3.88. The lowest BCUT2D eigenvalue weighted by Crippen LogP contribution is -2.52. The first-order chi connectivity index (χ1) is 16.5. The van der Waals surface area contributed by atoms with Crippen molar-refractivity contribution in [1.29, 1.82) is 0 Å². The first kappa shape index (κ1) is 27.4. The molecule has 35 heavy (non-hydrogen) atoms. The Morgan fingerprint density at radius 1 is 0.943 bits per heavy atom. The standard InChI is InChI=1S/C26H32N2O7/c1-18-11-13-19(14-12-18)16-28(25(32)33-5)23(30)21(27-24(31)35-26(2,3)4)15-22(29)34-17-20-9-7-6-8-10-20/h6-14,21H,15-17H2,1-5H3,(H,27,31). The third-order valence-corrected chi connectivity index (χ3v) is 4.72. The third-order valence-electron chi connectivity index (χ3n) is 4.72. The number of nitrogens with zero attached hydrogens (tertiary/aromatic N) is 1. The number of rotatable bonds is 8. The SMILES string of the molecule is COC(=O)N(Cc1ccc(C)cc1)C(=O)C(CC(=O)OCc1ccccc1)NC(=O)OC(C)(C)C. The number of carbonyl (C=O) groups is 4. The molecule has 0 aliphatic carbocycles. The molecule has 0 fully saturated rings. The Labute approximate surface area is 205 Å². The van der Waals surface area contributed by atoms with Crippen LogP contribution in [0.2, 0.25) is 0 Å². The fraction of sp³-hybridized carbons (Fsp3) is 0.385. The topological polar surface area (TPSA) is 111 Å². The first-order valence-corrected chi connectivity index (χ1v) is 11.1. The van der Waals surface area contributed by atoms with Gasteiger partial charge < -0.3 is 19.5 Å². The molecule has 0 radical (unpaired) electrons. The highest BCUT2D eigenvalue weighted by Crippen LogP contribution is 2.13. The van der Waals surface area contributed by atoms with Crippen LogP contribution in [0.25, 0.3) is 0 Å². The number of nitrogens with one attached hydrogen (secondary N) is 1. The molecule has 0 aliphatic heterocycles.